The number of esters is 1. The van der Waals surface area contributed by atoms with Crippen molar-refractivity contribution in [3.8, 4) is 22.6 Å². The molecule has 0 aliphatic carbocycles. The highest BCUT2D eigenvalue weighted by Crippen LogP contribution is 2.25. The standard InChI is InChI=1S/C24H28N4O4.ClH/c1-3-20-21(22(25)28-24(26)27-20)32-15-5-14-31-19-12-10-17(11-13-19)16-6-8-18(9-7-16)23(29)30-4-2;/h6-13H,3-5,14-15H2,1-2H3,(H4,25,26,27,28);1H. The molecule has 0 aliphatic heterocycles. The van der Waals surface area contributed by atoms with E-state index in [1.807, 2.05) is 43.3 Å². The molecule has 0 fully saturated rings. The molecule has 2 aromatic carbocycles. The second-order valence-corrected chi connectivity index (χ2v) is 6.97. The van der Waals surface area contributed by atoms with Crippen molar-refractivity contribution in [2.45, 2.75) is 26.7 Å². The zero-order valence-electron chi connectivity index (χ0n) is 18.7. The van der Waals surface area contributed by atoms with Gasteiger partial charge in [-0.3, -0.25) is 0 Å². The molecule has 0 unspecified atom stereocenters. The topological polar surface area (TPSA) is 123 Å². The molecule has 9 heteroatoms. The number of carbonyl (C=O) groups excluding carboxylic acids is 1. The van der Waals surface area contributed by atoms with Gasteiger partial charge >= 0.3 is 5.97 Å². The number of aromatic nitrogens is 2. The first-order valence-corrected chi connectivity index (χ1v) is 10.6. The van der Waals surface area contributed by atoms with Crippen LogP contribution in [0.4, 0.5) is 11.8 Å². The van der Waals surface area contributed by atoms with Crippen LogP contribution in [0.3, 0.4) is 0 Å². The number of aryl methyl sites for hydroxylation is 1. The van der Waals surface area contributed by atoms with Crippen LogP contribution < -0.4 is 20.9 Å². The number of nitrogen functional groups attached to an aromatic ring is 2. The Hall–Kier alpha value is -3.52. The molecule has 0 saturated carbocycles. The van der Waals surface area contributed by atoms with E-state index in [0.29, 0.717) is 49.7 Å². The van der Waals surface area contributed by atoms with Gasteiger partial charge in [-0.25, -0.2) is 9.78 Å². The molecule has 3 aromatic rings. The predicted octanol–water partition coefficient (Wildman–Crippen LogP) is 4.32. The van der Waals surface area contributed by atoms with Crippen molar-refractivity contribution in [3.05, 3.63) is 59.8 Å². The molecule has 0 spiro atoms. The van der Waals surface area contributed by atoms with Gasteiger partial charge in [-0.2, -0.15) is 4.98 Å². The van der Waals surface area contributed by atoms with Gasteiger partial charge in [0.25, 0.3) is 0 Å². The number of nitrogens with zero attached hydrogens (tertiary/aromatic N) is 2. The van der Waals surface area contributed by atoms with Gasteiger partial charge in [0.2, 0.25) is 5.95 Å². The molecule has 0 atom stereocenters. The number of anilines is 2. The third-order valence-corrected chi connectivity index (χ3v) is 4.70. The zero-order chi connectivity index (χ0) is 22.9. The Morgan fingerprint density at radius 1 is 0.879 bits per heavy atom. The molecular weight excluding hydrogens is 444 g/mol. The van der Waals surface area contributed by atoms with Gasteiger partial charge in [0.15, 0.2) is 11.6 Å². The van der Waals surface area contributed by atoms with Gasteiger partial charge in [-0.15, -0.1) is 12.4 Å². The fourth-order valence-electron chi connectivity index (χ4n) is 3.11. The predicted molar refractivity (Wildman–Crippen MR) is 131 cm³/mol. The minimum Gasteiger partial charge on any atom is -0.493 e. The Balaban J connectivity index is 0.00000385. The summed E-state index contributed by atoms with van der Waals surface area (Å²) in [6, 6.07) is 15.1. The molecule has 0 amide bonds. The van der Waals surface area contributed by atoms with E-state index in [1.54, 1.807) is 19.1 Å². The molecule has 176 valence electrons. The van der Waals surface area contributed by atoms with Crippen molar-refractivity contribution in [1.82, 2.24) is 9.97 Å². The van der Waals surface area contributed by atoms with Crippen LogP contribution in [0, 0.1) is 0 Å². The Morgan fingerprint density at radius 3 is 2.09 bits per heavy atom. The van der Waals surface area contributed by atoms with Crippen molar-refractivity contribution in [1.29, 1.82) is 0 Å². The van der Waals surface area contributed by atoms with Crippen LogP contribution in [-0.2, 0) is 11.2 Å². The summed E-state index contributed by atoms with van der Waals surface area (Å²) in [5.74, 6) is 1.33. The highest BCUT2D eigenvalue weighted by atomic mass is 35.5. The Labute approximate surface area is 199 Å². The number of halogens is 1. The number of nitrogens with two attached hydrogens (primary N) is 2. The van der Waals surface area contributed by atoms with Crippen LogP contribution in [0.5, 0.6) is 11.5 Å². The van der Waals surface area contributed by atoms with Crippen LogP contribution in [0.1, 0.15) is 36.3 Å². The highest BCUT2D eigenvalue weighted by Gasteiger charge is 2.11. The summed E-state index contributed by atoms with van der Waals surface area (Å²) in [7, 11) is 0. The van der Waals surface area contributed by atoms with Crippen molar-refractivity contribution >= 4 is 30.1 Å². The summed E-state index contributed by atoms with van der Waals surface area (Å²) in [6.07, 6.45) is 1.32. The van der Waals surface area contributed by atoms with Gasteiger partial charge in [0.1, 0.15) is 5.75 Å². The normalized spacial score (nSPS) is 10.2. The van der Waals surface area contributed by atoms with E-state index in [9.17, 15) is 4.79 Å². The fourth-order valence-corrected chi connectivity index (χ4v) is 3.11. The minimum atomic E-state index is -0.315. The van der Waals surface area contributed by atoms with Crippen LogP contribution in [0.15, 0.2) is 48.5 Å². The van der Waals surface area contributed by atoms with E-state index in [1.165, 1.54) is 0 Å². The number of hydrogen-bond donors (Lipinski definition) is 2. The first-order chi connectivity index (χ1) is 15.5. The average Bonchev–Trinajstić information content (AvgIpc) is 2.80. The third-order valence-electron chi connectivity index (χ3n) is 4.70. The van der Waals surface area contributed by atoms with Crippen molar-refractivity contribution in [2.24, 2.45) is 0 Å². The van der Waals surface area contributed by atoms with Crippen LogP contribution in [0.25, 0.3) is 11.1 Å². The monoisotopic (exact) mass is 472 g/mol. The van der Waals surface area contributed by atoms with Gasteiger partial charge in [-0.1, -0.05) is 31.2 Å². The van der Waals surface area contributed by atoms with E-state index >= 15 is 0 Å². The summed E-state index contributed by atoms with van der Waals surface area (Å²) in [5, 5.41) is 0. The maximum absolute atomic E-state index is 11.8. The van der Waals surface area contributed by atoms with Crippen LogP contribution >= 0.6 is 12.4 Å². The first-order valence-electron chi connectivity index (χ1n) is 10.6. The number of ether oxygens (including phenoxy) is 3. The van der Waals surface area contributed by atoms with Crippen LogP contribution in [-0.4, -0.2) is 35.8 Å². The smallest absolute Gasteiger partial charge is 0.338 e. The lowest BCUT2D eigenvalue weighted by Crippen LogP contribution is -2.11. The molecule has 1 aromatic heterocycles. The summed E-state index contributed by atoms with van der Waals surface area (Å²) in [4.78, 5) is 19.9. The van der Waals surface area contributed by atoms with E-state index in [4.69, 9.17) is 25.7 Å². The van der Waals surface area contributed by atoms with Gasteiger partial charge in [0.05, 0.1) is 31.1 Å². The second-order valence-electron chi connectivity index (χ2n) is 6.97. The van der Waals surface area contributed by atoms with Crippen LogP contribution in [0.2, 0.25) is 0 Å². The Kier molecular flexibility index (Phi) is 9.75. The van der Waals surface area contributed by atoms with E-state index in [2.05, 4.69) is 9.97 Å². The maximum atomic E-state index is 11.8. The Morgan fingerprint density at radius 2 is 1.48 bits per heavy atom. The number of carbonyl (C=O) groups is 1. The summed E-state index contributed by atoms with van der Waals surface area (Å²) in [5.41, 5.74) is 14.8. The summed E-state index contributed by atoms with van der Waals surface area (Å²) >= 11 is 0. The van der Waals surface area contributed by atoms with Gasteiger partial charge in [0, 0.05) is 6.42 Å². The zero-order valence-corrected chi connectivity index (χ0v) is 19.6. The lowest BCUT2D eigenvalue weighted by Gasteiger charge is -2.12. The number of rotatable bonds is 10. The molecule has 4 N–H and O–H groups in total. The maximum Gasteiger partial charge on any atom is 0.338 e. The minimum absolute atomic E-state index is 0. The third kappa shape index (κ3) is 6.98. The molecule has 1 heterocycles. The van der Waals surface area contributed by atoms with Crippen molar-refractivity contribution in [2.75, 3.05) is 31.3 Å². The number of benzene rings is 2. The van der Waals surface area contributed by atoms with Gasteiger partial charge < -0.3 is 25.7 Å². The molecule has 33 heavy (non-hydrogen) atoms. The number of hydrogen-bond acceptors (Lipinski definition) is 8. The summed E-state index contributed by atoms with van der Waals surface area (Å²) in [6.45, 7) is 5.02. The molecule has 0 radical (unpaired) electrons. The SMILES string of the molecule is CCOC(=O)c1ccc(-c2ccc(OCCCOc3c(N)nc(N)nc3CC)cc2)cc1.Cl. The van der Waals surface area contributed by atoms with E-state index in [0.717, 1.165) is 16.9 Å². The lowest BCUT2D eigenvalue weighted by atomic mass is 10.0. The molecule has 3 rings (SSSR count). The quantitative estimate of drug-likeness (QED) is 0.330. The van der Waals surface area contributed by atoms with Crippen molar-refractivity contribution in [3.63, 3.8) is 0 Å². The lowest BCUT2D eigenvalue weighted by molar-refractivity contribution is 0.0526. The second kappa shape index (κ2) is 12.5. The van der Waals surface area contributed by atoms with E-state index < -0.39 is 0 Å². The highest BCUT2D eigenvalue weighted by molar-refractivity contribution is 5.90. The molecular formula is C24H29ClN4O4. The molecule has 8 nitrogen and oxygen atoms in total. The largest absolute Gasteiger partial charge is 0.493 e. The van der Waals surface area contributed by atoms with Crippen molar-refractivity contribution < 1.29 is 19.0 Å². The van der Waals surface area contributed by atoms with Gasteiger partial charge in [-0.05, 0) is 48.7 Å². The van der Waals surface area contributed by atoms with E-state index in [-0.39, 0.29) is 30.1 Å². The first kappa shape index (κ1) is 25.7. The average molecular weight is 473 g/mol. The molecule has 0 aliphatic rings. The molecule has 0 bridgehead atoms. The fraction of sp³-hybridized carbons (Fsp3) is 0.292. The Bertz CT molecular complexity index is 1040. The summed E-state index contributed by atoms with van der Waals surface area (Å²) < 4.78 is 16.6. The molecule has 0 saturated heterocycles.